The second-order valence-electron chi connectivity index (χ2n) is 10.2. The Balaban J connectivity index is 0.993. The molecular formula is C26H35N5O4. The van der Waals surface area contributed by atoms with Crippen LogP contribution in [0.25, 0.3) is 0 Å². The number of pyridine rings is 1. The van der Waals surface area contributed by atoms with E-state index in [0.29, 0.717) is 25.4 Å². The molecule has 4 N–H and O–H groups in total. The number of H-pyrrole nitrogens is 1. The Hall–Kier alpha value is -2.94. The first-order chi connectivity index (χ1) is 17.0. The highest BCUT2D eigenvalue weighted by molar-refractivity contribution is 5.85. The number of fused-ring (bicyclic) bond motifs is 2. The molecule has 5 rings (SSSR count). The van der Waals surface area contributed by atoms with Gasteiger partial charge in [-0.15, -0.1) is 0 Å². The normalized spacial score (nSPS) is 23.8. The zero-order valence-corrected chi connectivity index (χ0v) is 20.1. The molecule has 1 amide bonds. The van der Waals surface area contributed by atoms with Crippen LogP contribution in [0.15, 0.2) is 18.3 Å². The Morgan fingerprint density at radius 3 is 2.97 bits per heavy atom. The van der Waals surface area contributed by atoms with E-state index in [1.54, 1.807) is 6.20 Å². The second kappa shape index (κ2) is 10.8. The standard InChI is InChI=1S/C26H35N5O4/c32-25(18-4-5-19-15-28-31-23(19)14-18)30-22(26(33)34)9-11-35-21-12-16(13-21)3-7-20-8-6-17-2-1-10-27-24(17)29-20/h6,8,15-16,18,21-22H,1-5,7,9-14H2,(H,27,29)(H,28,31)(H,30,32)(H,33,34)/t16-,18-,21-,22+/m1/s1. The molecule has 35 heavy (non-hydrogen) atoms. The van der Waals surface area contributed by atoms with E-state index in [2.05, 4.69) is 33.0 Å². The molecule has 3 heterocycles. The molecule has 0 bridgehead atoms. The first kappa shape index (κ1) is 23.8. The predicted molar refractivity (Wildman–Crippen MR) is 130 cm³/mol. The quantitative estimate of drug-likeness (QED) is 0.411. The van der Waals surface area contributed by atoms with Crippen LogP contribution in [-0.2, 0) is 40.0 Å². The van der Waals surface area contributed by atoms with Crippen molar-refractivity contribution in [2.24, 2.45) is 11.8 Å². The van der Waals surface area contributed by atoms with Crippen LogP contribution >= 0.6 is 0 Å². The molecule has 2 atom stereocenters. The van der Waals surface area contributed by atoms with Crippen molar-refractivity contribution in [1.82, 2.24) is 20.5 Å². The maximum absolute atomic E-state index is 12.7. The molecule has 188 valence electrons. The monoisotopic (exact) mass is 481 g/mol. The molecule has 0 unspecified atom stereocenters. The summed E-state index contributed by atoms with van der Waals surface area (Å²) in [5.74, 6) is 0.238. The summed E-state index contributed by atoms with van der Waals surface area (Å²) < 4.78 is 5.92. The Labute approximate surface area is 205 Å². The fourth-order valence-electron chi connectivity index (χ4n) is 5.44. The lowest BCUT2D eigenvalue weighted by Crippen LogP contribution is -2.45. The molecule has 3 aliphatic rings. The molecule has 0 radical (unpaired) electrons. The molecule has 1 saturated carbocycles. The maximum Gasteiger partial charge on any atom is 0.326 e. The number of nitrogens with one attached hydrogen (secondary N) is 3. The Morgan fingerprint density at radius 1 is 1.23 bits per heavy atom. The third kappa shape index (κ3) is 5.83. The van der Waals surface area contributed by atoms with Crippen molar-refractivity contribution >= 4 is 17.7 Å². The van der Waals surface area contributed by atoms with Gasteiger partial charge >= 0.3 is 5.97 Å². The maximum atomic E-state index is 12.7. The van der Waals surface area contributed by atoms with Gasteiger partial charge in [0.25, 0.3) is 0 Å². The van der Waals surface area contributed by atoms with Gasteiger partial charge in [0.15, 0.2) is 0 Å². The molecule has 1 fully saturated rings. The van der Waals surface area contributed by atoms with Gasteiger partial charge in [0.05, 0.1) is 12.3 Å². The van der Waals surface area contributed by atoms with E-state index in [-0.39, 0.29) is 24.3 Å². The van der Waals surface area contributed by atoms with Crippen molar-refractivity contribution < 1.29 is 19.4 Å². The van der Waals surface area contributed by atoms with Crippen molar-refractivity contribution in [3.05, 3.63) is 40.8 Å². The van der Waals surface area contributed by atoms with Crippen LogP contribution in [0, 0.1) is 11.8 Å². The Bertz CT molecular complexity index is 1050. The number of nitrogens with zero attached hydrogens (tertiary/aromatic N) is 2. The summed E-state index contributed by atoms with van der Waals surface area (Å²) in [4.78, 5) is 29.1. The van der Waals surface area contributed by atoms with Crippen molar-refractivity contribution in [1.29, 1.82) is 0 Å². The van der Waals surface area contributed by atoms with Gasteiger partial charge in [-0.2, -0.15) is 5.10 Å². The van der Waals surface area contributed by atoms with Crippen LogP contribution in [0.4, 0.5) is 5.82 Å². The Morgan fingerprint density at radius 2 is 2.11 bits per heavy atom. The highest BCUT2D eigenvalue weighted by Crippen LogP contribution is 2.34. The molecular weight excluding hydrogens is 446 g/mol. The number of aliphatic carboxylic acids is 1. The van der Waals surface area contributed by atoms with Gasteiger partial charge in [0.2, 0.25) is 5.91 Å². The van der Waals surface area contributed by atoms with Crippen LogP contribution in [0.1, 0.15) is 61.0 Å². The van der Waals surface area contributed by atoms with E-state index in [4.69, 9.17) is 9.72 Å². The third-order valence-electron chi connectivity index (χ3n) is 7.72. The third-order valence-corrected chi connectivity index (χ3v) is 7.72. The van der Waals surface area contributed by atoms with E-state index in [1.807, 2.05) is 0 Å². The lowest BCUT2D eigenvalue weighted by Gasteiger charge is -2.35. The molecule has 0 spiro atoms. The fraction of sp³-hybridized carbons (Fsp3) is 0.615. The SMILES string of the molecule is O=C(N[C@@H](CCO[C@H]1C[C@H](CCc2ccc3c(n2)NCCC3)C1)C(=O)O)[C@@H]1CCc2cn[nH]c2C1. The highest BCUT2D eigenvalue weighted by Gasteiger charge is 2.32. The van der Waals surface area contributed by atoms with Crippen molar-refractivity contribution in [2.45, 2.75) is 76.4 Å². The summed E-state index contributed by atoms with van der Waals surface area (Å²) in [5.41, 5.74) is 4.58. The number of carbonyl (C=O) groups is 2. The summed E-state index contributed by atoms with van der Waals surface area (Å²) in [7, 11) is 0. The number of anilines is 1. The predicted octanol–water partition coefficient (Wildman–Crippen LogP) is 2.66. The highest BCUT2D eigenvalue weighted by atomic mass is 16.5. The minimum atomic E-state index is -1.02. The summed E-state index contributed by atoms with van der Waals surface area (Å²) in [5, 5.41) is 22.7. The average Bonchev–Trinajstić information content (AvgIpc) is 3.31. The van der Waals surface area contributed by atoms with Gasteiger partial charge in [-0.1, -0.05) is 6.07 Å². The largest absolute Gasteiger partial charge is 0.480 e. The van der Waals surface area contributed by atoms with E-state index in [0.717, 1.165) is 67.8 Å². The zero-order chi connectivity index (χ0) is 24.2. The zero-order valence-electron chi connectivity index (χ0n) is 20.1. The van der Waals surface area contributed by atoms with Crippen LogP contribution < -0.4 is 10.6 Å². The minimum absolute atomic E-state index is 0.181. The number of rotatable bonds is 10. The number of carboxylic acid groups (broad SMARTS) is 1. The number of hydrogen-bond acceptors (Lipinski definition) is 6. The number of aromatic nitrogens is 3. The molecule has 2 aromatic heterocycles. The molecule has 1 aliphatic heterocycles. The number of carbonyl (C=O) groups excluding carboxylic acids is 1. The van der Waals surface area contributed by atoms with Crippen LogP contribution in [0.3, 0.4) is 0 Å². The lowest BCUT2D eigenvalue weighted by atomic mass is 9.79. The van der Waals surface area contributed by atoms with Gasteiger partial charge in [0, 0.05) is 43.3 Å². The number of hydrogen-bond donors (Lipinski definition) is 4. The first-order valence-corrected chi connectivity index (χ1v) is 12.9. The summed E-state index contributed by atoms with van der Waals surface area (Å²) in [6.07, 6.45) is 10.7. The molecule has 2 aromatic rings. The molecule has 9 heteroatoms. The van der Waals surface area contributed by atoms with Crippen molar-refractivity contribution in [2.75, 3.05) is 18.5 Å². The summed E-state index contributed by atoms with van der Waals surface area (Å²) >= 11 is 0. The molecule has 2 aliphatic carbocycles. The van der Waals surface area contributed by atoms with Crippen LogP contribution in [0.2, 0.25) is 0 Å². The van der Waals surface area contributed by atoms with Gasteiger partial charge in [0.1, 0.15) is 11.9 Å². The fourth-order valence-corrected chi connectivity index (χ4v) is 5.44. The van der Waals surface area contributed by atoms with Crippen molar-refractivity contribution in [3.63, 3.8) is 0 Å². The van der Waals surface area contributed by atoms with Gasteiger partial charge in [-0.05, 0) is 74.5 Å². The second-order valence-corrected chi connectivity index (χ2v) is 10.2. The number of aryl methyl sites for hydroxylation is 3. The minimum Gasteiger partial charge on any atom is -0.480 e. The number of aromatic amines is 1. The van der Waals surface area contributed by atoms with Crippen molar-refractivity contribution in [3.8, 4) is 0 Å². The van der Waals surface area contributed by atoms with E-state index < -0.39 is 12.0 Å². The van der Waals surface area contributed by atoms with Gasteiger partial charge in [-0.25, -0.2) is 9.78 Å². The van der Waals surface area contributed by atoms with Gasteiger partial charge < -0.3 is 20.5 Å². The van der Waals surface area contributed by atoms with E-state index in [9.17, 15) is 14.7 Å². The lowest BCUT2D eigenvalue weighted by molar-refractivity contribution is -0.143. The Kier molecular flexibility index (Phi) is 7.32. The molecule has 9 nitrogen and oxygen atoms in total. The number of carboxylic acids is 1. The topological polar surface area (TPSA) is 129 Å². The first-order valence-electron chi connectivity index (χ1n) is 12.9. The summed E-state index contributed by atoms with van der Waals surface area (Å²) in [6, 6.07) is 3.43. The van der Waals surface area contributed by atoms with Crippen LogP contribution in [0.5, 0.6) is 0 Å². The van der Waals surface area contributed by atoms with E-state index >= 15 is 0 Å². The smallest absolute Gasteiger partial charge is 0.326 e. The van der Waals surface area contributed by atoms with Gasteiger partial charge in [-0.3, -0.25) is 9.89 Å². The summed E-state index contributed by atoms with van der Waals surface area (Å²) in [6.45, 7) is 1.34. The molecule has 0 aromatic carbocycles. The van der Waals surface area contributed by atoms with E-state index in [1.165, 1.54) is 12.0 Å². The molecule has 0 saturated heterocycles. The number of amides is 1. The van der Waals surface area contributed by atoms with Crippen LogP contribution in [-0.4, -0.2) is 57.5 Å². The average molecular weight is 482 g/mol. The number of ether oxygens (including phenoxy) is 1.